The van der Waals surface area contributed by atoms with Crippen LogP contribution in [0, 0.1) is 9.39 Å². The monoisotopic (exact) mass is 363 g/mol. The fraction of sp³-hybridized carbons (Fsp3) is 0.167. The lowest BCUT2D eigenvalue weighted by Gasteiger charge is -2.08. The first kappa shape index (κ1) is 14.6. The largest absolute Gasteiger partial charge is 0.477 e. The molecule has 0 spiro atoms. The summed E-state index contributed by atoms with van der Waals surface area (Å²) in [7, 11) is 3.17. The second-order valence-electron chi connectivity index (χ2n) is 3.76. The molecule has 1 rings (SSSR count). The SMILES string of the molecule is CN(C)C=C(C(=O)O)C(=O)c1cc(I)ccc1F. The number of carboxylic acids is 1. The Morgan fingerprint density at radius 2 is 2.00 bits per heavy atom. The minimum absolute atomic E-state index is 0.239. The van der Waals surface area contributed by atoms with E-state index < -0.39 is 23.1 Å². The number of hydrogen-bond donors (Lipinski definition) is 1. The zero-order chi connectivity index (χ0) is 13.9. The Hall–Kier alpha value is -1.44. The van der Waals surface area contributed by atoms with Gasteiger partial charge in [0.15, 0.2) is 0 Å². The second-order valence-corrected chi connectivity index (χ2v) is 5.01. The van der Waals surface area contributed by atoms with Crippen LogP contribution in [-0.4, -0.2) is 35.9 Å². The van der Waals surface area contributed by atoms with Gasteiger partial charge in [-0.3, -0.25) is 4.79 Å². The summed E-state index contributed by atoms with van der Waals surface area (Å²) in [5.74, 6) is -2.95. The fourth-order valence-corrected chi connectivity index (χ4v) is 1.78. The summed E-state index contributed by atoms with van der Waals surface area (Å²) < 4.78 is 14.2. The molecule has 0 saturated heterocycles. The topological polar surface area (TPSA) is 57.6 Å². The molecule has 0 radical (unpaired) electrons. The lowest BCUT2D eigenvalue weighted by molar-refractivity contribution is -0.132. The molecule has 0 aromatic heterocycles. The standard InChI is InChI=1S/C12H11FINO3/c1-15(2)6-9(12(17)18)11(16)8-5-7(14)3-4-10(8)13/h3-6H,1-2H3,(H,17,18). The minimum Gasteiger partial charge on any atom is -0.477 e. The third-order valence-electron chi connectivity index (χ3n) is 2.04. The van der Waals surface area contributed by atoms with E-state index in [-0.39, 0.29) is 5.56 Å². The van der Waals surface area contributed by atoms with Crippen molar-refractivity contribution in [2.45, 2.75) is 0 Å². The zero-order valence-corrected chi connectivity index (χ0v) is 11.9. The third kappa shape index (κ3) is 3.52. The number of aliphatic carboxylic acids is 1. The molecule has 0 aliphatic rings. The first-order chi connectivity index (χ1) is 8.32. The molecule has 0 saturated carbocycles. The molecule has 4 nitrogen and oxygen atoms in total. The van der Waals surface area contributed by atoms with E-state index in [0.717, 1.165) is 12.3 Å². The van der Waals surface area contributed by atoms with Gasteiger partial charge in [0.25, 0.3) is 0 Å². The van der Waals surface area contributed by atoms with Crippen molar-refractivity contribution >= 4 is 34.3 Å². The minimum atomic E-state index is -1.38. The van der Waals surface area contributed by atoms with Crippen molar-refractivity contribution in [1.82, 2.24) is 4.90 Å². The normalized spacial score (nSPS) is 11.2. The van der Waals surface area contributed by atoms with Crippen LogP contribution in [0.25, 0.3) is 0 Å². The Kier molecular flexibility index (Phi) is 4.83. The number of benzene rings is 1. The molecule has 1 aromatic carbocycles. The summed E-state index contributed by atoms with van der Waals surface area (Å²) >= 11 is 1.93. The summed E-state index contributed by atoms with van der Waals surface area (Å²) in [6.07, 6.45) is 1.16. The van der Waals surface area contributed by atoms with E-state index in [9.17, 15) is 14.0 Å². The highest BCUT2D eigenvalue weighted by molar-refractivity contribution is 14.1. The summed E-state index contributed by atoms with van der Waals surface area (Å²) in [6.45, 7) is 0. The van der Waals surface area contributed by atoms with Crippen molar-refractivity contribution in [2.75, 3.05) is 14.1 Å². The quantitative estimate of drug-likeness (QED) is 0.293. The van der Waals surface area contributed by atoms with Crippen LogP contribution in [0.4, 0.5) is 4.39 Å². The second kappa shape index (κ2) is 5.94. The molecular formula is C12H11FINO3. The third-order valence-corrected chi connectivity index (χ3v) is 2.71. The van der Waals surface area contributed by atoms with Gasteiger partial charge < -0.3 is 10.0 Å². The predicted molar refractivity (Wildman–Crippen MR) is 72.9 cm³/mol. The average molecular weight is 363 g/mol. The predicted octanol–water partition coefficient (Wildman–Crippen LogP) is 2.14. The molecule has 6 heteroatoms. The van der Waals surface area contributed by atoms with Crippen LogP contribution < -0.4 is 0 Å². The molecule has 0 amide bonds. The maximum absolute atomic E-state index is 13.5. The molecule has 0 atom stereocenters. The van der Waals surface area contributed by atoms with Crippen molar-refractivity contribution in [3.63, 3.8) is 0 Å². The molecule has 0 heterocycles. The van der Waals surface area contributed by atoms with Crippen LogP contribution in [0.5, 0.6) is 0 Å². The molecule has 96 valence electrons. The van der Waals surface area contributed by atoms with Gasteiger partial charge >= 0.3 is 5.97 Å². The maximum atomic E-state index is 13.5. The van der Waals surface area contributed by atoms with Gasteiger partial charge in [-0.1, -0.05) is 0 Å². The van der Waals surface area contributed by atoms with E-state index in [1.807, 2.05) is 22.6 Å². The number of carbonyl (C=O) groups excluding carboxylic acids is 1. The number of Topliss-reactive ketones (excluding diaryl/α,β-unsaturated/α-hetero) is 1. The number of rotatable bonds is 4. The molecule has 18 heavy (non-hydrogen) atoms. The molecule has 0 unspecified atom stereocenters. The summed E-state index contributed by atoms with van der Waals surface area (Å²) in [5, 5.41) is 8.97. The smallest absolute Gasteiger partial charge is 0.341 e. The van der Waals surface area contributed by atoms with E-state index in [2.05, 4.69) is 0 Å². The molecular weight excluding hydrogens is 352 g/mol. The van der Waals surface area contributed by atoms with Crippen LogP contribution in [-0.2, 0) is 4.79 Å². The Balaban J connectivity index is 3.27. The first-order valence-electron chi connectivity index (χ1n) is 4.94. The van der Waals surface area contributed by atoms with Crippen molar-refractivity contribution < 1.29 is 19.1 Å². The van der Waals surface area contributed by atoms with Gasteiger partial charge in [0.1, 0.15) is 11.4 Å². The average Bonchev–Trinajstić information content (AvgIpc) is 2.27. The van der Waals surface area contributed by atoms with Crippen LogP contribution in [0.1, 0.15) is 10.4 Å². The highest BCUT2D eigenvalue weighted by Crippen LogP contribution is 2.17. The van der Waals surface area contributed by atoms with E-state index in [4.69, 9.17) is 5.11 Å². The van der Waals surface area contributed by atoms with E-state index in [1.54, 1.807) is 14.1 Å². The number of ketones is 1. The first-order valence-corrected chi connectivity index (χ1v) is 6.02. The fourth-order valence-electron chi connectivity index (χ4n) is 1.29. The van der Waals surface area contributed by atoms with Gasteiger partial charge in [-0.05, 0) is 40.8 Å². The summed E-state index contributed by atoms with van der Waals surface area (Å²) in [5.41, 5.74) is -0.710. The summed E-state index contributed by atoms with van der Waals surface area (Å²) in [6, 6.07) is 3.97. The van der Waals surface area contributed by atoms with Gasteiger partial charge in [0.05, 0.1) is 5.56 Å². The van der Waals surface area contributed by atoms with Crippen molar-refractivity contribution in [3.8, 4) is 0 Å². The number of hydrogen-bond acceptors (Lipinski definition) is 3. The number of carbonyl (C=O) groups is 2. The van der Waals surface area contributed by atoms with Crippen LogP contribution in [0.3, 0.4) is 0 Å². The lowest BCUT2D eigenvalue weighted by Crippen LogP contribution is -2.17. The van der Waals surface area contributed by atoms with E-state index in [1.165, 1.54) is 17.0 Å². The molecule has 0 bridgehead atoms. The highest BCUT2D eigenvalue weighted by Gasteiger charge is 2.22. The van der Waals surface area contributed by atoms with Gasteiger partial charge in [-0.15, -0.1) is 0 Å². The van der Waals surface area contributed by atoms with Crippen molar-refractivity contribution in [2.24, 2.45) is 0 Å². The summed E-state index contributed by atoms with van der Waals surface area (Å²) in [4.78, 5) is 24.4. The van der Waals surface area contributed by atoms with Gasteiger partial charge in [-0.25, -0.2) is 9.18 Å². The Labute approximate surface area is 117 Å². The zero-order valence-electron chi connectivity index (χ0n) is 9.78. The van der Waals surface area contributed by atoms with Crippen LogP contribution >= 0.6 is 22.6 Å². The Morgan fingerprint density at radius 3 is 2.50 bits per heavy atom. The van der Waals surface area contributed by atoms with E-state index in [0.29, 0.717) is 3.57 Å². The lowest BCUT2D eigenvalue weighted by atomic mass is 10.0. The molecule has 0 aliphatic heterocycles. The Bertz CT molecular complexity index is 526. The molecule has 0 fully saturated rings. The maximum Gasteiger partial charge on any atom is 0.341 e. The molecule has 1 aromatic rings. The number of halogens is 2. The molecule has 1 N–H and O–H groups in total. The van der Waals surface area contributed by atoms with Gasteiger partial charge in [-0.2, -0.15) is 0 Å². The van der Waals surface area contributed by atoms with Crippen molar-refractivity contribution in [1.29, 1.82) is 0 Å². The van der Waals surface area contributed by atoms with Gasteiger partial charge in [0, 0.05) is 23.9 Å². The Morgan fingerprint density at radius 1 is 1.39 bits per heavy atom. The van der Waals surface area contributed by atoms with Crippen LogP contribution in [0.15, 0.2) is 30.0 Å². The van der Waals surface area contributed by atoms with E-state index >= 15 is 0 Å². The molecule has 0 aliphatic carbocycles. The van der Waals surface area contributed by atoms with Gasteiger partial charge in [0.2, 0.25) is 5.78 Å². The number of carboxylic acid groups (broad SMARTS) is 1. The van der Waals surface area contributed by atoms with Crippen LogP contribution in [0.2, 0.25) is 0 Å². The highest BCUT2D eigenvalue weighted by atomic mass is 127. The van der Waals surface area contributed by atoms with Crippen molar-refractivity contribution in [3.05, 3.63) is 44.9 Å². The number of nitrogens with zero attached hydrogens (tertiary/aromatic N) is 1.